The lowest BCUT2D eigenvalue weighted by molar-refractivity contribution is -0.384. The number of nitro benzene ring substituents is 1. The number of nitro groups is 1. The first kappa shape index (κ1) is 21.7. The number of nitrogens with one attached hydrogen (secondary N) is 1. The van der Waals surface area contributed by atoms with E-state index in [1.165, 1.54) is 23.1 Å². The van der Waals surface area contributed by atoms with E-state index in [4.69, 9.17) is 9.47 Å². The van der Waals surface area contributed by atoms with Crippen LogP contribution >= 0.6 is 0 Å². The molecule has 9 nitrogen and oxygen atoms in total. The number of nitrogens with zero attached hydrogens (tertiary/aromatic N) is 2. The van der Waals surface area contributed by atoms with E-state index in [0.717, 1.165) is 0 Å². The molecule has 0 fully saturated rings. The van der Waals surface area contributed by atoms with Crippen LogP contribution in [0.4, 0.5) is 17.1 Å². The molecule has 0 bridgehead atoms. The number of hydrogen-bond donors (Lipinski definition) is 1. The zero-order chi connectivity index (χ0) is 21.4. The summed E-state index contributed by atoms with van der Waals surface area (Å²) in [4.78, 5) is 35.4. The van der Waals surface area contributed by atoms with Crippen molar-refractivity contribution in [2.75, 3.05) is 37.0 Å². The number of hydrogen-bond acceptors (Lipinski definition) is 7. The molecule has 1 amide bonds. The zero-order valence-electron chi connectivity index (χ0n) is 16.5. The Balaban J connectivity index is 2.14. The maximum atomic E-state index is 12.4. The second-order valence-electron chi connectivity index (χ2n) is 6.05. The van der Waals surface area contributed by atoms with Crippen LogP contribution in [-0.4, -0.2) is 43.9 Å². The van der Waals surface area contributed by atoms with Crippen molar-refractivity contribution in [1.29, 1.82) is 0 Å². The molecule has 0 saturated carbocycles. The summed E-state index contributed by atoms with van der Waals surface area (Å²) < 4.78 is 11.0. The summed E-state index contributed by atoms with van der Waals surface area (Å²) >= 11 is 0. The van der Waals surface area contributed by atoms with Gasteiger partial charge in [0.2, 0.25) is 5.91 Å². The fraction of sp³-hybridized carbons (Fsp3) is 0.300. The van der Waals surface area contributed by atoms with Gasteiger partial charge in [0, 0.05) is 30.4 Å². The summed E-state index contributed by atoms with van der Waals surface area (Å²) in [5.41, 5.74) is 0.694. The summed E-state index contributed by atoms with van der Waals surface area (Å²) in [5.74, 6) is 0.726. The van der Waals surface area contributed by atoms with Gasteiger partial charge in [-0.3, -0.25) is 19.7 Å². The average Bonchev–Trinajstić information content (AvgIpc) is 2.69. The molecule has 0 aliphatic heterocycles. The number of aldehydes is 1. The van der Waals surface area contributed by atoms with E-state index in [-0.39, 0.29) is 29.4 Å². The third kappa shape index (κ3) is 5.68. The molecule has 0 aliphatic carbocycles. The molecule has 1 N–H and O–H groups in total. The second kappa shape index (κ2) is 10.1. The molecule has 0 aliphatic rings. The molecule has 2 rings (SSSR count). The van der Waals surface area contributed by atoms with E-state index >= 15 is 0 Å². The van der Waals surface area contributed by atoms with Gasteiger partial charge in [0.1, 0.15) is 12.0 Å². The number of likely N-dealkylation sites (N-methyl/N-ethyl adjacent to an activating group) is 1. The molecule has 0 atom stereocenters. The van der Waals surface area contributed by atoms with Gasteiger partial charge in [-0.05, 0) is 38.1 Å². The Hall–Kier alpha value is -3.62. The SMILES string of the molecule is CCOc1ccc(NC(=O)CN(C)c2ccc(C=O)cc2[N+](=O)[O-])cc1OCC. The van der Waals surface area contributed by atoms with Gasteiger partial charge >= 0.3 is 0 Å². The van der Waals surface area contributed by atoms with Crippen molar-refractivity contribution < 1.29 is 24.0 Å². The highest BCUT2D eigenvalue weighted by Crippen LogP contribution is 2.31. The van der Waals surface area contributed by atoms with Crippen molar-refractivity contribution in [1.82, 2.24) is 0 Å². The molecule has 29 heavy (non-hydrogen) atoms. The van der Waals surface area contributed by atoms with Gasteiger partial charge < -0.3 is 19.7 Å². The predicted octanol–water partition coefficient (Wildman–Crippen LogP) is 3.28. The van der Waals surface area contributed by atoms with Crippen molar-refractivity contribution in [3.63, 3.8) is 0 Å². The standard InChI is InChI=1S/C20H23N3O6/c1-4-28-18-9-7-15(11-19(18)29-5-2)21-20(25)12-22(3)16-8-6-14(13-24)10-17(16)23(26)27/h6-11,13H,4-5,12H2,1-3H3,(H,21,25). The van der Waals surface area contributed by atoms with Crippen molar-refractivity contribution in [2.45, 2.75) is 13.8 Å². The minimum Gasteiger partial charge on any atom is -0.490 e. The van der Waals surface area contributed by atoms with Gasteiger partial charge in [-0.25, -0.2) is 0 Å². The van der Waals surface area contributed by atoms with Crippen LogP contribution < -0.4 is 19.7 Å². The first-order chi connectivity index (χ1) is 13.9. The van der Waals surface area contributed by atoms with E-state index in [0.29, 0.717) is 36.7 Å². The van der Waals surface area contributed by atoms with Gasteiger partial charge in [0.25, 0.3) is 5.69 Å². The van der Waals surface area contributed by atoms with Crippen molar-refractivity contribution in [3.8, 4) is 11.5 Å². The molecule has 0 spiro atoms. The third-order valence-electron chi connectivity index (χ3n) is 3.95. The van der Waals surface area contributed by atoms with Crippen molar-refractivity contribution in [3.05, 3.63) is 52.1 Å². The molecule has 0 aromatic heterocycles. The Morgan fingerprint density at radius 1 is 1.14 bits per heavy atom. The summed E-state index contributed by atoms with van der Waals surface area (Å²) in [5, 5.41) is 14.0. The number of anilines is 2. The van der Waals surface area contributed by atoms with Crippen molar-refractivity contribution >= 4 is 29.3 Å². The van der Waals surface area contributed by atoms with Crippen LogP contribution in [0, 0.1) is 10.1 Å². The summed E-state index contributed by atoms with van der Waals surface area (Å²) in [6.07, 6.45) is 0.533. The molecular formula is C20H23N3O6. The molecule has 2 aromatic rings. The van der Waals surface area contributed by atoms with Gasteiger partial charge in [0.05, 0.1) is 24.7 Å². The minimum atomic E-state index is -0.586. The Morgan fingerprint density at radius 3 is 2.45 bits per heavy atom. The molecule has 0 radical (unpaired) electrons. The second-order valence-corrected chi connectivity index (χ2v) is 6.05. The van der Waals surface area contributed by atoms with Crippen LogP contribution in [0.25, 0.3) is 0 Å². The molecular weight excluding hydrogens is 378 g/mol. The fourth-order valence-electron chi connectivity index (χ4n) is 2.71. The van der Waals surface area contributed by atoms with E-state index in [1.807, 2.05) is 13.8 Å². The lowest BCUT2D eigenvalue weighted by atomic mass is 10.1. The number of benzene rings is 2. The lowest BCUT2D eigenvalue weighted by Crippen LogP contribution is -2.30. The first-order valence-electron chi connectivity index (χ1n) is 9.03. The normalized spacial score (nSPS) is 10.2. The van der Waals surface area contributed by atoms with E-state index < -0.39 is 4.92 Å². The predicted molar refractivity (Wildman–Crippen MR) is 109 cm³/mol. The number of carbonyl (C=O) groups is 2. The van der Waals surface area contributed by atoms with Crippen LogP contribution in [0.15, 0.2) is 36.4 Å². The fourth-order valence-corrected chi connectivity index (χ4v) is 2.71. The maximum absolute atomic E-state index is 12.4. The summed E-state index contributed by atoms with van der Waals surface area (Å²) in [7, 11) is 1.56. The van der Waals surface area contributed by atoms with E-state index in [9.17, 15) is 19.7 Å². The Labute approximate surface area is 168 Å². The zero-order valence-corrected chi connectivity index (χ0v) is 16.5. The molecule has 0 heterocycles. The number of ether oxygens (including phenoxy) is 2. The minimum absolute atomic E-state index is 0.127. The van der Waals surface area contributed by atoms with Gasteiger partial charge in [0.15, 0.2) is 11.5 Å². The topological polar surface area (TPSA) is 111 Å². The lowest BCUT2D eigenvalue weighted by Gasteiger charge is -2.19. The van der Waals surface area contributed by atoms with Crippen LogP contribution in [0.2, 0.25) is 0 Å². The van der Waals surface area contributed by atoms with Crippen LogP contribution in [-0.2, 0) is 4.79 Å². The molecule has 0 unspecified atom stereocenters. The first-order valence-corrected chi connectivity index (χ1v) is 9.03. The van der Waals surface area contributed by atoms with Gasteiger partial charge in [-0.15, -0.1) is 0 Å². The number of rotatable bonds is 10. The quantitative estimate of drug-likeness (QED) is 0.369. The summed E-state index contributed by atoms with van der Waals surface area (Å²) in [6, 6.07) is 9.14. The average molecular weight is 401 g/mol. The largest absolute Gasteiger partial charge is 0.490 e. The molecule has 9 heteroatoms. The smallest absolute Gasteiger partial charge is 0.293 e. The highest BCUT2D eigenvalue weighted by Gasteiger charge is 2.20. The van der Waals surface area contributed by atoms with Crippen LogP contribution in [0.5, 0.6) is 11.5 Å². The Kier molecular flexibility index (Phi) is 7.53. The van der Waals surface area contributed by atoms with E-state index in [2.05, 4.69) is 5.32 Å². The van der Waals surface area contributed by atoms with Gasteiger partial charge in [-0.1, -0.05) is 0 Å². The van der Waals surface area contributed by atoms with E-state index in [1.54, 1.807) is 25.2 Å². The van der Waals surface area contributed by atoms with Gasteiger partial charge in [-0.2, -0.15) is 0 Å². The Morgan fingerprint density at radius 2 is 1.83 bits per heavy atom. The molecule has 2 aromatic carbocycles. The third-order valence-corrected chi connectivity index (χ3v) is 3.95. The molecule has 154 valence electrons. The molecule has 0 saturated heterocycles. The maximum Gasteiger partial charge on any atom is 0.293 e. The Bertz CT molecular complexity index is 900. The number of amides is 1. The highest BCUT2D eigenvalue weighted by molar-refractivity contribution is 5.95. The monoisotopic (exact) mass is 401 g/mol. The van der Waals surface area contributed by atoms with Crippen molar-refractivity contribution in [2.24, 2.45) is 0 Å². The van der Waals surface area contributed by atoms with Crippen LogP contribution in [0.3, 0.4) is 0 Å². The number of carbonyl (C=O) groups excluding carboxylic acids is 2. The summed E-state index contributed by atoms with van der Waals surface area (Å²) in [6.45, 7) is 4.51. The highest BCUT2D eigenvalue weighted by atomic mass is 16.6. The van der Waals surface area contributed by atoms with Crippen LogP contribution in [0.1, 0.15) is 24.2 Å².